The van der Waals surface area contributed by atoms with Crippen LogP contribution in [-0.4, -0.2) is 10.1 Å². The standard InChI is InChI=1S/C16H23N3O.ClH/c17-16(2-1-3-16)13-18-14(20-19-13)15-7-10-4-11(8-15)6-12(5-10)9-15;/h10-12H,1-9,17H2;1H. The maximum absolute atomic E-state index is 6.34. The quantitative estimate of drug-likeness (QED) is 0.910. The molecule has 0 saturated heterocycles. The van der Waals surface area contributed by atoms with E-state index in [-0.39, 0.29) is 23.4 Å². The first kappa shape index (κ1) is 14.0. The predicted molar refractivity (Wildman–Crippen MR) is 81.1 cm³/mol. The highest BCUT2D eigenvalue weighted by molar-refractivity contribution is 5.85. The molecule has 5 aliphatic rings. The summed E-state index contributed by atoms with van der Waals surface area (Å²) in [6.45, 7) is 0. The van der Waals surface area contributed by atoms with E-state index in [0.717, 1.165) is 42.3 Å². The lowest BCUT2D eigenvalue weighted by atomic mass is 9.49. The van der Waals surface area contributed by atoms with Crippen LogP contribution in [0.3, 0.4) is 0 Å². The van der Waals surface area contributed by atoms with Gasteiger partial charge >= 0.3 is 0 Å². The Morgan fingerprint density at radius 1 is 1.00 bits per heavy atom. The number of rotatable bonds is 2. The minimum atomic E-state index is -0.288. The molecule has 0 unspecified atom stereocenters. The van der Waals surface area contributed by atoms with Crippen LogP contribution < -0.4 is 5.73 Å². The fraction of sp³-hybridized carbons (Fsp3) is 0.875. The van der Waals surface area contributed by atoms with Crippen LogP contribution in [0.4, 0.5) is 0 Å². The Morgan fingerprint density at radius 3 is 2.05 bits per heavy atom. The topological polar surface area (TPSA) is 64.9 Å². The molecule has 5 fully saturated rings. The molecule has 0 aromatic carbocycles. The van der Waals surface area contributed by atoms with Gasteiger partial charge < -0.3 is 10.3 Å². The summed E-state index contributed by atoms with van der Waals surface area (Å²) in [5.74, 6) is 4.42. The van der Waals surface area contributed by atoms with Crippen LogP contribution in [0.15, 0.2) is 4.52 Å². The van der Waals surface area contributed by atoms with Crippen molar-refractivity contribution in [2.75, 3.05) is 0 Å². The Bertz CT molecular complexity index is 516. The molecule has 0 atom stereocenters. The highest BCUT2D eigenvalue weighted by Gasteiger charge is 2.55. The van der Waals surface area contributed by atoms with Gasteiger partial charge in [0.25, 0.3) is 0 Å². The van der Waals surface area contributed by atoms with Gasteiger partial charge in [-0.05, 0) is 75.5 Å². The minimum Gasteiger partial charge on any atom is -0.339 e. The van der Waals surface area contributed by atoms with Gasteiger partial charge in [0.05, 0.1) is 11.0 Å². The molecule has 5 aliphatic carbocycles. The molecule has 5 saturated carbocycles. The summed E-state index contributed by atoms with van der Waals surface area (Å²) in [5.41, 5.74) is 6.26. The van der Waals surface area contributed by atoms with Gasteiger partial charge in [0, 0.05) is 0 Å². The zero-order chi connectivity index (χ0) is 13.4. The Hall–Kier alpha value is -0.610. The fourth-order valence-electron chi connectivity index (χ4n) is 5.79. The van der Waals surface area contributed by atoms with Crippen molar-refractivity contribution >= 4 is 12.4 Å². The Labute approximate surface area is 131 Å². The van der Waals surface area contributed by atoms with Crippen molar-refractivity contribution in [3.05, 3.63) is 11.7 Å². The lowest BCUT2D eigenvalue weighted by Gasteiger charge is -2.55. The summed E-state index contributed by atoms with van der Waals surface area (Å²) in [6, 6.07) is 0. The Kier molecular flexibility index (Phi) is 2.97. The molecule has 0 radical (unpaired) electrons. The smallest absolute Gasteiger partial charge is 0.232 e. The molecule has 4 nitrogen and oxygen atoms in total. The van der Waals surface area contributed by atoms with Crippen LogP contribution >= 0.6 is 12.4 Å². The molecule has 0 spiro atoms. The van der Waals surface area contributed by atoms with Gasteiger partial charge in [-0.2, -0.15) is 4.98 Å². The summed E-state index contributed by atoms with van der Waals surface area (Å²) < 4.78 is 5.73. The average molecular weight is 310 g/mol. The van der Waals surface area contributed by atoms with E-state index < -0.39 is 0 Å². The maximum Gasteiger partial charge on any atom is 0.232 e. The monoisotopic (exact) mass is 309 g/mol. The van der Waals surface area contributed by atoms with Crippen LogP contribution in [0.1, 0.15) is 69.5 Å². The van der Waals surface area contributed by atoms with Gasteiger partial charge in [-0.3, -0.25) is 0 Å². The SMILES string of the molecule is Cl.NC1(c2noc(C34CC5CC(CC(C5)C3)C4)n2)CCC1. The molecule has 5 heteroatoms. The second-order valence-electron chi connectivity index (χ2n) is 8.13. The summed E-state index contributed by atoms with van der Waals surface area (Å²) in [4.78, 5) is 4.79. The zero-order valence-electron chi connectivity index (χ0n) is 12.4. The van der Waals surface area contributed by atoms with Crippen LogP contribution in [-0.2, 0) is 11.0 Å². The van der Waals surface area contributed by atoms with Crippen molar-refractivity contribution in [2.45, 2.75) is 68.7 Å². The molecule has 0 amide bonds. The van der Waals surface area contributed by atoms with Crippen molar-refractivity contribution in [3.63, 3.8) is 0 Å². The molecule has 2 N–H and O–H groups in total. The molecular formula is C16H24ClN3O. The highest BCUT2D eigenvalue weighted by Crippen LogP contribution is 2.60. The number of aromatic nitrogens is 2. The lowest BCUT2D eigenvalue weighted by molar-refractivity contribution is -0.0201. The van der Waals surface area contributed by atoms with Crippen molar-refractivity contribution in [3.8, 4) is 0 Å². The summed E-state index contributed by atoms with van der Waals surface area (Å²) in [7, 11) is 0. The van der Waals surface area contributed by atoms with E-state index in [1.54, 1.807) is 0 Å². The minimum absolute atomic E-state index is 0. The summed E-state index contributed by atoms with van der Waals surface area (Å²) >= 11 is 0. The van der Waals surface area contributed by atoms with E-state index in [1.807, 2.05) is 0 Å². The zero-order valence-corrected chi connectivity index (χ0v) is 13.2. The number of halogens is 1. The largest absolute Gasteiger partial charge is 0.339 e. The van der Waals surface area contributed by atoms with Crippen molar-refractivity contribution < 1.29 is 4.52 Å². The van der Waals surface area contributed by atoms with E-state index >= 15 is 0 Å². The molecule has 1 aromatic heterocycles. The average Bonchev–Trinajstić information content (AvgIpc) is 2.84. The van der Waals surface area contributed by atoms with Crippen molar-refractivity contribution in [1.82, 2.24) is 10.1 Å². The molecule has 0 aliphatic heterocycles. The van der Waals surface area contributed by atoms with Crippen LogP contribution in [0.2, 0.25) is 0 Å². The maximum atomic E-state index is 6.34. The summed E-state index contributed by atoms with van der Waals surface area (Å²) in [6.07, 6.45) is 11.4. The van der Waals surface area contributed by atoms with Gasteiger partial charge in [-0.25, -0.2) is 0 Å². The van der Waals surface area contributed by atoms with E-state index in [1.165, 1.54) is 44.9 Å². The first-order chi connectivity index (χ1) is 9.65. The Balaban J connectivity index is 0.00000115. The van der Waals surface area contributed by atoms with Gasteiger partial charge in [-0.15, -0.1) is 12.4 Å². The molecular weight excluding hydrogens is 286 g/mol. The van der Waals surface area contributed by atoms with Crippen molar-refractivity contribution in [2.24, 2.45) is 23.5 Å². The van der Waals surface area contributed by atoms with Gasteiger partial charge in [0.15, 0.2) is 5.82 Å². The van der Waals surface area contributed by atoms with Crippen LogP contribution in [0, 0.1) is 17.8 Å². The molecule has 6 rings (SSSR count). The highest BCUT2D eigenvalue weighted by atomic mass is 35.5. The molecule has 21 heavy (non-hydrogen) atoms. The third-order valence-corrected chi connectivity index (χ3v) is 6.61. The van der Waals surface area contributed by atoms with Gasteiger partial charge in [0.2, 0.25) is 5.89 Å². The van der Waals surface area contributed by atoms with E-state index in [9.17, 15) is 0 Å². The molecule has 4 bridgehead atoms. The number of nitrogens with two attached hydrogens (primary N) is 1. The first-order valence-electron chi connectivity index (χ1n) is 8.29. The number of hydrogen-bond acceptors (Lipinski definition) is 4. The lowest BCUT2D eigenvalue weighted by Crippen LogP contribution is -2.49. The fourth-order valence-corrected chi connectivity index (χ4v) is 5.79. The number of nitrogens with zero attached hydrogens (tertiary/aromatic N) is 2. The molecule has 1 aromatic rings. The van der Waals surface area contributed by atoms with E-state index in [4.69, 9.17) is 15.2 Å². The third-order valence-electron chi connectivity index (χ3n) is 6.61. The number of hydrogen-bond donors (Lipinski definition) is 1. The summed E-state index contributed by atoms with van der Waals surface area (Å²) in [5, 5.41) is 4.26. The van der Waals surface area contributed by atoms with Gasteiger partial charge in [0.1, 0.15) is 0 Å². The first-order valence-corrected chi connectivity index (χ1v) is 8.29. The third kappa shape index (κ3) is 1.91. The molecule has 1 heterocycles. The van der Waals surface area contributed by atoms with E-state index in [0.29, 0.717) is 0 Å². The van der Waals surface area contributed by atoms with Gasteiger partial charge in [-0.1, -0.05) is 5.16 Å². The predicted octanol–water partition coefficient (Wildman–Crippen LogP) is 3.30. The second-order valence-corrected chi connectivity index (χ2v) is 8.13. The van der Waals surface area contributed by atoms with Crippen molar-refractivity contribution in [1.29, 1.82) is 0 Å². The second kappa shape index (κ2) is 4.45. The van der Waals surface area contributed by atoms with Crippen LogP contribution in [0.5, 0.6) is 0 Å². The normalized spacial score (nSPS) is 42.4. The molecule has 116 valence electrons. The van der Waals surface area contributed by atoms with Crippen LogP contribution in [0.25, 0.3) is 0 Å². The van der Waals surface area contributed by atoms with E-state index in [2.05, 4.69) is 5.16 Å². The Morgan fingerprint density at radius 2 is 1.57 bits per heavy atom.